The van der Waals surface area contributed by atoms with Crippen molar-refractivity contribution in [2.75, 3.05) is 13.2 Å². The van der Waals surface area contributed by atoms with Gasteiger partial charge in [-0.2, -0.15) is 0 Å². The topological polar surface area (TPSA) is 69.7 Å². The van der Waals surface area contributed by atoms with Crippen molar-refractivity contribution in [3.05, 3.63) is 48.0 Å². The number of hydrogen-bond donors (Lipinski definition) is 0. The van der Waals surface area contributed by atoms with Gasteiger partial charge in [-0.05, 0) is 37.0 Å². The first-order valence-electron chi connectivity index (χ1n) is 9.21. The van der Waals surface area contributed by atoms with Crippen molar-refractivity contribution in [3.63, 3.8) is 0 Å². The molecule has 5 heteroatoms. The summed E-state index contributed by atoms with van der Waals surface area (Å²) in [7, 11) is 0. The van der Waals surface area contributed by atoms with Crippen molar-refractivity contribution in [1.29, 1.82) is 0 Å². The average molecular weight is 354 g/mol. The summed E-state index contributed by atoms with van der Waals surface area (Å²) in [4.78, 5) is 37.5. The maximum Gasteiger partial charge on any atom is 0.310 e. The first kappa shape index (κ1) is 17.0. The molecule has 0 N–H and O–H groups in total. The Morgan fingerprint density at radius 1 is 0.923 bits per heavy atom. The number of fused-ring (bicyclic) bond motifs is 1. The SMILES string of the molecule is CCOC(=O)[C@@H]1[C@@H]2C=C[C@H]([C@H]3C[C@H]23)[C@@H]1C(=O)OCC(=O)c1ccccc1. The van der Waals surface area contributed by atoms with E-state index in [9.17, 15) is 14.4 Å². The summed E-state index contributed by atoms with van der Waals surface area (Å²) in [5.41, 5.74) is 0.509. The zero-order chi connectivity index (χ0) is 18.3. The summed E-state index contributed by atoms with van der Waals surface area (Å²) in [6.45, 7) is 1.75. The maximum absolute atomic E-state index is 12.8. The van der Waals surface area contributed by atoms with Crippen molar-refractivity contribution in [1.82, 2.24) is 0 Å². The quantitative estimate of drug-likeness (QED) is 0.446. The summed E-state index contributed by atoms with van der Waals surface area (Å²) in [6.07, 6.45) is 5.17. The van der Waals surface area contributed by atoms with Crippen LogP contribution >= 0.6 is 0 Å². The Hall–Kier alpha value is -2.43. The molecule has 0 unspecified atom stereocenters. The summed E-state index contributed by atoms with van der Waals surface area (Å²) in [6, 6.07) is 8.74. The van der Waals surface area contributed by atoms with Crippen LogP contribution in [0.5, 0.6) is 0 Å². The molecule has 5 nitrogen and oxygen atoms in total. The second-order valence-corrected chi connectivity index (χ2v) is 7.30. The van der Waals surface area contributed by atoms with E-state index in [0.29, 0.717) is 24.0 Å². The molecule has 0 aromatic heterocycles. The first-order valence-corrected chi connectivity index (χ1v) is 9.21. The van der Waals surface area contributed by atoms with Gasteiger partial charge in [-0.3, -0.25) is 14.4 Å². The number of carbonyl (C=O) groups excluding carboxylic acids is 3. The highest BCUT2D eigenvalue weighted by atomic mass is 16.5. The molecule has 0 heterocycles. The molecule has 2 fully saturated rings. The molecule has 4 aliphatic rings. The number of carbonyl (C=O) groups is 3. The Morgan fingerprint density at radius 2 is 1.50 bits per heavy atom. The van der Waals surface area contributed by atoms with Crippen molar-refractivity contribution < 1.29 is 23.9 Å². The Balaban J connectivity index is 1.47. The van der Waals surface area contributed by atoms with Gasteiger partial charge in [0, 0.05) is 5.56 Å². The van der Waals surface area contributed by atoms with Crippen LogP contribution in [0, 0.1) is 35.5 Å². The number of hydrogen-bond acceptors (Lipinski definition) is 5. The molecule has 1 aromatic carbocycles. The average Bonchev–Trinajstić information content (AvgIpc) is 3.48. The van der Waals surface area contributed by atoms with Gasteiger partial charge in [0.2, 0.25) is 0 Å². The number of Topliss-reactive ketones (excluding diaryl/α,β-unsaturated/α-hetero) is 1. The summed E-state index contributed by atoms with van der Waals surface area (Å²) in [5, 5.41) is 0. The fourth-order valence-corrected chi connectivity index (χ4v) is 4.70. The maximum atomic E-state index is 12.8. The molecule has 0 radical (unpaired) electrons. The van der Waals surface area contributed by atoms with E-state index in [1.807, 2.05) is 6.07 Å². The van der Waals surface area contributed by atoms with Gasteiger partial charge in [-0.15, -0.1) is 0 Å². The molecule has 0 amide bonds. The zero-order valence-electron chi connectivity index (χ0n) is 14.7. The lowest BCUT2D eigenvalue weighted by Crippen LogP contribution is -2.48. The van der Waals surface area contributed by atoms with Crippen LogP contribution in [0.1, 0.15) is 23.7 Å². The fraction of sp³-hybridized carbons (Fsp3) is 0.476. The Kier molecular flexibility index (Phi) is 4.39. The molecule has 0 aliphatic heterocycles. The number of ether oxygens (including phenoxy) is 2. The van der Waals surface area contributed by atoms with Gasteiger partial charge >= 0.3 is 11.9 Å². The number of esters is 2. The van der Waals surface area contributed by atoms with E-state index in [2.05, 4.69) is 12.2 Å². The van der Waals surface area contributed by atoms with Crippen LogP contribution in [0.15, 0.2) is 42.5 Å². The Bertz CT molecular complexity index is 753. The van der Waals surface area contributed by atoms with Gasteiger partial charge in [0.25, 0.3) is 0 Å². The Labute approximate surface area is 152 Å². The number of allylic oxidation sites excluding steroid dienone is 2. The third kappa shape index (κ3) is 2.85. The molecular weight excluding hydrogens is 332 g/mol. The van der Waals surface area contributed by atoms with Crippen LogP contribution in [0.2, 0.25) is 0 Å². The van der Waals surface area contributed by atoms with Gasteiger partial charge in [0.05, 0.1) is 18.4 Å². The van der Waals surface area contributed by atoms with Gasteiger partial charge in [0.1, 0.15) is 0 Å². The largest absolute Gasteiger partial charge is 0.466 e. The van der Waals surface area contributed by atoms with Crippen LogP contribution in [0.4, 0.5) is 0 Å². The summed E-state index contributed by atoms with van der Waals surface area (Å²) < 4.78 is 10.6. The molecule has 0 spiro atoms. The smallest absolute Gasteiger partial charge is 0.310 e. The standard InChI is InChI=1S/C21H22O5/c1-2-25-20(23)18-13-8-9-14(16-10-15(13)16)19(18)21(24)26-11-17(22)12-6-4-3-5-7-12/h3-9,13-16,18-19H,2,10-11H2,1H3/t13-,14-,15-,16-,18-,19+/m1/s1. The van der Waals surface area contributed by atoms with E-state index in [0.717, 1.165) is 6.42 Å². The van der Waals surface area contributed by atoms with Crippen molar-refractivity contribution >= 4 is 17.7 Å². The van der Waals surface area contributed by atoms with Crippen LogP contribution in [-0.4, -0.2) is 30.9 Å². The van der Waals surface area contributed by atoms with Gasteiger partial charge in [-0.25, -0.2) is 0 Å². The van der Waals surface area contributed by atoms with E-state index in [1.54, 1.807) is 31.2 Å². The molecule has 0 saturated heterocycles. The number of rotatable bonds is 6. The molecule has 136 valence electrons. The molecule has 2 saturated carbocycles. The zero-order valence-corrected chi connectivity index (χ0v) is 14.7. The second kappa shape index (κ2) is 6.71. The van der Waals surface area contributed by atoms with Crippen LogP contribution in [0.3, 0.4) is 0 Å². The lowest BCUT2D eigenvalue weighted by molar-refractivity contribution is -0.167. The minimum Gasteiger partial charge on any atom is -0.466 e. The van der Waals surface area contributed by atoms with E-state index < -0.39 is 17.8 Å². The number of ketones is 1. The minimum atomic E-state index is -0.545. The van der Waals surface area contributed by atoms with Gasteiger partial charge in [0.15, 0.2) is 12.4 Å². The monoisotopic (exact) mass is 354 g/mol. The third-order valence-corrected chi connectivity index (χ3v) is 5.92. The van der Waals surface area contributed by atoms with E-state index in [1.165, 1.54) is 0 Å². The third-order valence-electron chi connectivity index (χ3n) is 5.92. The number of benzene rings is 1. The van der Waals surface area contributed by atoms with Gasteiger partial charge < -0.3 is 9.47 Å². The summed E-state index contributed by atoms with van der Waals surface area (Å²) >= 11 is 0. The van der Waals surface area contributed by atoms with Crippen LogP contribution in [-0.2, 0) is 19.1 Å². The lowest BCUT2D eigenvalue weighted by Gasteiger charge is -2.41. The summed E-state index contributed by atoms with van der Waals surface area (Å²) in [5.74, 6) is -1.07. The predicted molar refractivity (Wildman–Crippen MR) is 93.1 cm³/mol. The van der Waals surface area contributed by atoms with Crippen molar-refractivity contribution in [3.8, 4) is 0 Å². The lowest BCUT2D eigenvalue weighted by atomic mass is 9.62. The highest BCUT2D eigenvalue weighted by Gasteiger charge is 2.63. The molecule has 5 rings (SSSR count). The van der Waals surface area contributed by atoms with Crippen LogP contribution in [0.25, 0.3) is 0 Å². The normalized spacial score (nSPS) is 33.3. The van der Waals surface area contributed by atoms with E-state index >= 15 is 0 Å². The van der Waals surface area contributed by atoms with E-state index in [-0.39, 0.29) is 30.2 Å². The Morgan fingerprint density at radius 3 is 2.08 bits per heavy atom. The highest BCUT2D eigenvalue weighted by molar-refractivity contribution is 5.98. The molecule has 1 aromatic rings. The van der Waals surface area contributed by atoms with Gasteiger partial charge in [-0.1, -0.05) is 42.5 Å². The first-order chi connectivity index (χ1) is 12.6. The van der Waals surface area contributed by atoms with Crippen LogP contribution < -0.4 is 0 Å². The molecule has 2 bridgehead atoms. The minimum absolute atomic E-state index is 0.0127. The van der Waals surface area contributed by atoms with Crippen molar-refractivity contribution in [2.45, 2.75) is 13.3 Å². The molecule has 26 heavy (non-hydrogen) atoms. The predicted octanol–water partition coefficient (Wildman–Crippen LogP) is 2.66. The molecule has 6 atom stereocenters. The van der Waals surface area contributed by atoms with Crippen molar-refractivity contribution in [2.24, 2.45) is 35.5 Å². The molecular formula is C21H22O5. The highest BCUT2D eigenvalue weighted by Crippen LogP contribution is 2.63. The van der Waals surface area contributed by atoms with E-state index in [4.69, 9.17) is 9.47 Å². The second-order valence-electron chi connectivity index (χ2n) is 7.30. The fourth-order valence-electron chi connectivity index (χ4n) is 4.70. The molecule has 4 aliphatic carbocycles.